The quantitative estimate of drug-likeness (QED) is 0.0992. The lowest BCUT2D eigenvalue weighted by Gasteiger charge is -2.41. The summed E-state index contributed by atoms with van der Waals surface area (Å²) in [4.78, 5) is 32.2. The summed E-state index contributed by atoms with van der Waals surface area (Å²) in [6.07, 6.45) is 16.9. The van der Waals surface area contributed by atoms with Crippen molar-refractivity contribution in [1.29, 1.82) is 0 Å². The van der Waals surface area contributed by atoms with Crippen molar-refractivity contribution in [3.63, 3.8) is 0 Å². The number of rotatable bonds is 5. The van der Waals surface area contributed by atoms with Crippen LogP contribution in [0.1, 0.15) is 328 Å². The zero-order valence-corrected chi connectivity index (χ0v) is 96.6. The molecule has 0 amide bonds. The fourth-order valence-corrected chi connectivity index (χ4v) is 17.5. The molecule has 0 saturated heterocycles. The minimum Gasteiger partial charge on any atom is -0.357 e. The van der Waals surface area contributed by atoms with Crippen LogP contribution >= 0.6 is 62.3 Å². The van der Waals surface area contributed by atoms with Gasteiger partial charge >= 0.3 is 0 Å². The van der Waals surface area contributed by atoms with E-state index in [-0.39, 0.29) is 65.4 Å². The van der Waals surface area contributed by atoms with E-state index in [9.17, 15) is 22.0 Å². The van der Waals surface area contributed by atoms with Crippen LogP contribution in [0.25, 0.3) is 55.7 Å². The Balaban J connectivity index is 0.000000198. The predicted molar refractivity (Wildman–Crippen MR) is 609 cm³/mol. The topological polar surface area (TPSA) is 125 Å². The minimum absolute atomic E-state index is 0.0196. The SMILES string of the molecule is CC(C)(C)N1CCc2c([nH]c3ccccc23)C1.CC(C)(C)c1cccc(-c2cc(F)c(F)cc2Cl)c1F.CC(C)(C)c1cccc(-c2cccc(Cl)c2)c1F.CC(C)(C)c1cccc(-c2ccccc2Cl)n1.CC(C)(C)c1cccc(-c2cn[nH]c2)n1.CC(C)(C)c1cccc(C2CC2)n1.CC(C)(C)c1cccc(Cl)n1.CC(C)(C)c1cccc(F)n1.CC(C)(C)c1cncc(Br)c1.CC1(C)CCCC(C(C)(C)C)C1. The van der Waals surface area contributed by atoms with Crippen LogP contribution in [0.3, 0.4) is 0 Å². The van der Waals surface area contributed by atoms with E-state index in [1.807, 2.05) is 166 Å². The van der Waals surface area contributed by atoms with Crippen LogP contribution in [0.5, 0.6) is 0 Å². The highest BCUT2D eigenvalue weighted by atomic mass is 79.9. The number of hydrogen-bond donors (Lipinski definition) is 2. The Morgan fingerprint density at radius 1 is 0.414 bits per heavy atom. The van der Waals surface area contributed by atoms with Crippen molar-refractivity contribution in [1.82, 2.24) is 50.0 Å². The molecule has 8 aromatic heterocycles. The number of nitrogens with zero attached hydrogens (tertiary/aromatic N) is 8. The second-order valence-corrected chi connectivity index (χ2v) is 51.5. The first-order chi connectivity index (χ1) is 67.1. The standard InChI is InChI=1S/C16H14ClF3.C16H16ClF.C15H16ClN.C15H20N2.C12H15N3.C12H17N.C12H24.C9H12BrN.C9H12ClN.C9H12FN/c1-16(2,3)11-6-4-5-9(15(11)20)10-7-13(18)14(19)8-12(10)17;1-16(2,3)14-9-5-8-13(15(14)18)11-6-4-7-12(17)10-11;1-15(2,3)14-10-6-9-13(17-14)11-7-4-5-8-12(11)16;1-15(2,3)17-9-8-12-11-6-4-5-7-13(11)16-14(12)10-17;1-12(2,3)11-6-4-5-10(15-11)9-7-13-14-8-9;1-12(2,3)11-6-4-5-10(13-11)9-7-8-9;1-11(2,3)10-7-6-8-12(4,5)9-10;1-9(2,3)7-4-8(10)6-11-5-7;2*1-9(2,3)7-5-4-6-8(10)11-7/h4-8H,1-3H3;4-10H,1-3H3;4-10H,1-3H3;4-7,16H,8-10H2,1-3H3;4-8H,1-3H3,(H,13,14);4-6,9H,7-8H2,1-3H3;10H,6-9H2,1-5H3;3*4-6H,1-3H3. The fourth-order valence-electron chi connectivity index (χ4n) is 16.3. The third kappa shape index (κ3) is 37.8. The number of aromatic amines is 2. The van der Waals surface area contributed by atoms with Crippen molar-refractivity contribution in [2.45, 2.75) is 328 Å². The van der Waals surface area contributed by atoms with Crippen LogP contribution < -0.4 is 0 Å². The second kappa shape index (κ2) is 51.0. The van der Waals surface area contributed by atoms with Crippen LogP contribution in [0, 0.1) is 46.0 Å². The van der Waals surface area contributed by atoms with Crippen LogP contribution in [0.2, 0.25) is 20.2 Å². The van der Waals surface area contributed by atoms with Gasteiger partial charge in [0.1, 0.15) is 16.8 Å². The molecule has 6 aromatic carbocycles. The van der Waals surface area contributed by atoms with Gasteiger partial charge in [0, 0.05) is 163 Å². The summed E-state index contributed by atoms with van der Waals surface area (Å²) >= 11 is 27.2. The molecule has 2 saturated carbocycles. The molecule has 2 N–H and O–H groups in total. The van der Waals surface area contributed by atoms with E-state index < -0.39 is 28.8 Å². The highest BCUT2D eigenvalue weighted by molar-refractivity contribution is 9.10. The van der Waals surface area contributed by atoms with E-state index in [2.05, 4.69) is 276 Å². The summed E-state index contributed by atoms with van der Waals surface area (Å²) in [6.45, 7) is 71.3. The summed E-state index contributed by atoms with van der Waals surface area (Å²) in [5.41, 5.74) is 20.2. The van der Waals surface area contributed by atoms with Crippen LogP contribution in [0.4, 0.5) is 22.0 Å². The molecular formula is C125H158BrCl4F5N10. The van der Waals surface area contributed by atoms with Gasteiger partial charge in [-0.15, -0.1) is 0 Å². The van der Waals surface area contributed by atoms with Crippen molar-refractivity contribution in [2.75, 3.05) is 6.54 Å². The van der Waals surface area contributed by atoms with Gasteiger partial charge in [0.05, 0.1) is 22.6 Å². The average Bonchev–Trinajstić information content (AvgIpc) is 1.73. The lowest BCUT2D eigenvalue weighted by Crippen LogP contribution is -2.44. The molecule has 0 radical (unpaired) electrons. The number of aromatic nitrogens is 9. The highest BCUT2D eigenvalue weighted by Crippen LogP contribution is 2.47. The summed E-state index contributed by atoms with van der Waals surface area (Å²) in [5, 5.41) is 10.0. The maximum atomic E-state index is 14.6. The van der Waals surface area contributed by atoms with Crippen molar-refractivity contribution >= 4 is 73.2 Å². The molecule has 0 bridgehead atoms. The van der Waals surface area contributed by atoms with Crippen LogP contribution in [-0.4, -0.2) is 62.1 Å². The van der Waals surface area contributed by atoms with Gasteiger partial charge in [-0.05, 0) is 239 Å². The molecule has 20 heteroatoms. The summed E-state index contributed by atoms with van der Waals surface area (Å²) in [6, 6.07) is 67.2. The summed E-state index contributed by atoms with van der Waals surface area (Å²) in [5.74, 6) is -1.42. The van der Waals surface area contributed by atoms with Gasteiger partial charge in [-0.2, -0.15) is 9.49 Å². The number of benzene rings is 6. The molecule has 14 aromatic rings. The van der Waals surface area contributed by atoms with E-state index in [4.69, 9.17) is 56.4 Å². The lowest BCUT2D eigenvalue weighted by molar-refractivity contribution is 0.0959. The number of H-pyrrole nitrogens is 2. The monoisotopic (exact) mass is 2110 g/mol. The normalized spacial score (nSPS) is 14.4. The van der Waals surface area contributed by atoms with Gasteiger partial charge < -0.3 is 4.98 Å². The molecule has 778 valence electrons. The molecule has 17 rings (SSSR count). The third-order valence-corrected chi connectivity index (χ3v) is 26.9. The molecular weight excluding hydrogens is 1960 g/mol. The maximum absolute atomic E-state index is 14.6. The average molecular weight is 2120 g/mol. The Hall–Kier alpha value is -9.78. The smallest absolute Gasteiger partial charge is 0.213 e. The van der Waals surface area contributed by atoms with Crippen LogP contribution in [0.15, 0.2) is 248 Å². The Kier molecular flexibility index (Phi) is 42.3. The van der Waals surface area contributed by atoms with E-state index in [1.165, 1.54) is 96.3 Å². The molecule has 1 aliphatic heterocycles. The van der Waals surface area contributed by atoms with Gasteiger partial charge in [-0.3, -0.25) is 29.9 Å². The number of nitrogens with one attached hydrogen (secondary N) is 2. The maximum Gasteiger partial charge on any atom is 0.213 e. The number of pyridine rings is 6. The summed E-state index contributed by atoms with van der Waals surface area (Å²) < 4.78 is 69.2. The molecule has 2 aliphatic carbocycles. The molecule has 3 aliphatic rings. The largest absolute Gasteiger partial charge is 0.357 e. The Bertz CT molecular complexity index is 6360. The second-order valence-electron chi connectivity index (χ2n) is 49.0. The predicted octanol–water partition coefficient (Wildman–Crippen LogP) is 38.2. The first-order valence-electron chi connectivity index (χ1n) is 50.5. The van der Waals surface area contributed by atoms with E-state index in [1.54, 1.807) is 54.9 Å². The Morgan fingerprint density at radius 3 is 1.39 bits per heavy atom. The zero-order valence-electron chi connectivity index (χ0n) is 92.0. The molecule has 1 atom stereocenters. The van der Waals surface area contributed by atoms with Crippen molar-refractivity contribution in [3.05, 3.63) is 359 Å². The molecule has 9 heterocycles. The molecule has 145 heavy (non-hydrogen) atoms. The van der Waals surface area contributed by atoms with Crippen molar-refractivity contribution in [2.24, 2.45) is 16.7 Å². The van der Waals surface area contributed by atoms with Gasteiger partial charge in [0.25, 0.3) is 0 Å². The molecule has 2 fully saturated rings. The number of fused-ring (bicyclic) bond motifs is 3. The van der Waals surface area contributed by atoms with E-state index in [0.29, 0.717) is 32.1 Å². The molecule has 1 unspecified atom stereocenters. The Morgan fingerprint density at radius 2 is 0.903 bits per heavy atom. The first-order valence-corrected chi connectivity index (χ1v) is 52.8. The van der Waals surface area contributed by atoms with Gasteiger partial charge in [-0.1, -0.05) is 369 Å². The fraction of sp³-hybridized carbons (Fsp3) is 0.432. The first kappa shape index (κ1) is 120. The van der Waals surface area contributed by atoms with Crippen molar-refractivity contribution in [3.8, 4) is 44.8 Å². The van der Waals surface area contributed by atoms with Gasteiger partial charge in [0.2, 0.25) is 5.95 Å². The van der Waals surface area contributed by atoms with Gasteiger partial charge in [-0.25, -0.2) is 27.5 Å². The minimum atomic E-state index is -1.05. The van der Waals surface area contributed by atoms with Crippen LogP contribution in [-0.2, 0) is 56.3 Å². The van der Waals surface area contributed by atoms with Crippen molar-refractivity contribution < 1.29 is 22.0 Å². The third-order valence-electron chi connectivity index (χ3n) is 25.4. The molecule has 0 spiro atoms. The zero-order chi connectivity index (χ0) is 108. The Labute approximate surface area is 893 Å². The number of hydrogen-bond acceptors (Lipinski definition) is 8. The lowest BCUT2D eigenvalue weighted by atomic mass is 9.64. The van der Waals surface area contributed by atoms with Gasteiger partial charge in [0.15, 0.2) is 11.6 Å². The molecule has 10 nitrogen and oxygen atoms in total. The summed E-state index contributed by atoms with van der Waals surface area (Å²) in [7, 11) is 0. The van der Waals surface area contributed by atoms with E-state index in [0.717, 1.165) is 103 Å². The van der Waals surface area contributed by atoms with E-state index >= 15 is 0 Å². The highest BCUT2D eigenvalue weighted by Gasteiger charge is 2.36. The number of para-hydroxylation sites is 1. The number of halogens is 10.